The third kappa shape index (κ3) is 6.45. The Balaban J connectivity index is 1.16. The van der Waals surface area contributed by atoms with Crippen molar-refractivity contribution in [2.45, 2.75) is 93.7 Å². The zero-order valence-corrected chi connectivity index (χ0v) is 29.3. The largest absolute Gasteiger partial charge is 0.471 e. The summed E-state index contributed by atoms with van der Waals surface area (Å²) in [6.07, 6.45) is 1.48. The van der Waals surface area contributed by atoms with Crippen molar-refractivity contribution in [2.75, 3.05) is 6.54 Å². The number of fused-ring (bicyclic) bond motifs is 1. The standard InChI is InChI=1S/C35H41N5O7S2/c1-5-19-17-35(19,33(44)39-49(45,46)21-12-13-21)38-30(42)26-15-20(18-40(26)32(43)29(41)34(2,3)4)47-31-28(23-16-22(23)27-11-8-14-48-27)36-24-9-6-7-10-25(24)37-31/h5-11,14,19-23,26,29,41H,1,12-13,15-18H2,2-4H3,(H,38,42)(H,39,44)/t19-,20-,22?,23?,26+,29-,35-/m1/s1. The van der Waals surface area contributed by atoms with E-state index in [-0.39, 0.29) is 25.3 Å². The van der Waals surface area contributed by atoms with Gasteiger partial charge in [-0.25, -0.2) is 18.4 Å². The molecule has 260 valence electrons. The zero-order chi connectivity index (χ0) is 34.9. The minimum atomic E-state index is -3.87. The van der Waals surface area contributed by atoms with Crippen molar-refractivity contribution in [3.63, 3.8) is 0 Å². The lowest BCUT2D eigenvalue weighted by atomic mass is 9.88. The van der Waals surface area contributed by atoms with Gasteiger partial charge in [0, 0.05) is 29.1 Å². The molecule has 0 spiro atoms. The van der Waals surface area contributed by atoms with Crippen LogP contribution >= 0.6 is 11.3 Å². The normalized spacial score (nSPS) is 28.5. The summed E-state index contributed by atoms with van der Waals surface area (Å²) in [6.45, 7) is 8.92. The maximum atomic E-state index is 14.1. The lowest BCUT2D eigenvalue weighted by Gasteiger charge is -2.32. The summed E-state index contributed by atoms with van der Waals surface area (Å²) in [5.41, 5.74) is -0.228. The van der Waals surface area contributed by atoms with Gasteiger partial charge in [-0.15, -0.1) is 17.9 Å². The number of nitrogens with one attached hydrogen (secondary N) is 2. The molecule has 0 bridgehead atoms. The van der Waals surface area contributed by atoms with Crippen LogP contribution in [0.4, 0.5) is 0 Å². The van der Waals surface area contributed by atoms with Gasteiger partial charge in [0.05, 0.1) is 22.8 Å². The number of benzene rings is 1. The minimum Gasteiger partial charge on any atom is -0.471 e. The average Bonchev–Trinajstić information content (AvgIpc) is 4.02. The number of likely N-dealkylation sites (tertiary alicyclic amines) is 1. The number of aromatic nitrogens is 2. The van der Waals surface area contributed by atoms with Crippen LogP contribution in [0, 0.1) is 11.3 Å². The molecule has 14 heteroatoms. The molecule has 3 saturated carbocycles. The number of para-hydroxylation sites is 2. The zero-order valence-electron chi connectivity index (χ0n) is 27.7. The molecule has 1 saturated heterocycles. The van der Waals surface area contributed by atoms with Gasteiger partial charge in [-0.2, -0.15) is 0 Å². The summed E-state index contributed by atoms with van der Waals surface area (Å²) in [6, 6.07) is 10.6. The Labute approximate surface area is 289 Å². The number of hydrogen-bond acceptors (Lipinski definition) is 10. The van der Waals surface area contributed by atoms with E-state index in [1.165, 1.54) is 15.9 Å². The van der Waals surface area contributed by atoms with Crippen LogP contribution in [0.5, 0.6) is 5.88 Å². The number of hydrogen-bond donors (Lipinski definition) is 3. The van der Waals surface area contributed by atoms with E-state index in [0.29, 0.717) is 30.2 Å². The highest BCUT2D eigenvalue weighted by molar-refractivity contribution is 7.91. The van der Waals surface area contributed by atoms with Crippen molar-refractivity contribution < 1.29 is 32.6 Å². The first kappa shape index (κ1) is 33.6. The van der Waals surface area contributed by atoms with Gasteiger partial charge in [0.25, 0.3) is 11.8 Å². The molecule has 1 aliphatic heterocycles. The molecule has 7 rings (SSSR count). The Hall–Kier alpha value is -3.88. The average molecular weight is 708 g/mol. The molecule has 3 aromatic rings. The third-order valence-corrected chi connectivity index (χ3v) is 12.9. The van der Waals surface area contributed by atoms with Crippen molar-refractivity contribution in [1.82, 2.24) is 24.9 Å². The first-order valence-corrected chi connectivity index (χ1v) is 19.1. The number of sulfonamides is 1. The van der Waals surface area contributed by atoms with E-state index >= 15 is 0 Å². The Morgan fingerprint density at radius 1 is 1.10 bits per heavy atom. The van der Waals surface area contributed by atoms with Crippen molar-refractivity contribution >= 4 is 50.1 Å². The maximum Gasteiger partial charge on any atom is 0.259 e. The number of amides is 3. The molecule has 2 aromatic heterocycles. The molecule has 12 nitrogen and oxygen atoms in total. The van der Waals surface area contributed by atoms with Crippen LogP contribution in [0.1, 0.15) is 75.3 Å². The molecular weight excluding hydrogens is 667 g/mol. The first-order valence-electron chi connectivity index (χ1n) is 16.7. The van der Waals surface area contributed by atoms with E-state index < -0.39 is 68.1 Å². The maximum absolute atomic E-state index is 14.1. The van der Waals surface area contributed by atoms with Crippen LogP contribution in [0.15, 0.2) is 54.4 Å². The van der Waals surface area contributed by atoms with Crippen LogP contribution in [-0.2, 0) is 24.4 Å². The van der Waals surface area contributed by atoms with E-state index in [9.17, 15) is 27.9 Å². The van der Waals surface area contributed by atoms with Crippen LogP contribution in [0.2, 0.25) is 0 Å². The van der Waals surface area contributed by atoms with Gasteiger partial charge < -0.3 is 20.1 Å². The van der Waals surface area contributed by atoms with E-state index in [1.807, 2.05) is 35.7 Å². The highest BCUT2D eigenvalue weighted by atomic mass is 32.2. The lowest BCUT2D eigenvalue weighted by molar-refractivity contribution is -0.150. The van der Waals surface area contributed by atoms with Gasteiger partial charge in [-0.1, -0.05) is 45.0 Å². The number of carbonyl (C=O) groups excluding carboxylic acids is 3. The van der Waals surface area contributed by atoms with Crippen LogP contribution in [0.3, 0.4) is 0 Å². The summed E-state index contributed by atoms with van der Waals surface area (Å²) in [4.78, 5) is 53.6. The third-order valence-electron chi connectivity index (χ3n) is 10.0. The number of thiophene rings is 1. The molecule has 4 fully saturated rings. The molecule has 1 aromatic carbocycles. The van der Waals surface area contributed by atoms with Crippen LogP contribution < -0.4 is 14.8 Å². The predicted molar refractivity (Wildman–Crippen MR) is 183 cm³/mol. The number of carbonyl (C=O) groups is 3. The van der Waals surface area contributed by atoms with Gasteiger partial charge in [0.2, 0.25) is 21.8 Å². The van der Waals surface area contributed by atoms with Gasteiger partial charge in [-0.05, 0) is 54.7 Å². The summed E-state index contributed by atoms with van der Waals surface area (Å²) in [7, 11) is -3.87. The van der Waals surface area contributed by atoms with E-state index in [2.05, 4.69) is 22.7 Å². The number of aliphatic hydroxyl groups is 1. The molecule has 7 atom stereocenters. The molecular formula is C35H41N5O7S2. The van der Waals surface area contributed by atoms with Gasteiger partial charge in [0.1, 0.15) is 29.5 Å². The number of aliphatic hydroxyl groups excluding tert-OH is 1. The first-order chi connectivity index (χ1) is 23.2. The second kappa shape index (κ2) is 12.2. The van der Waals surface area contributed by atoms with E-state index in [0.717, 1.165) is 17.6 Å². The SMILES string of the molecule is C=C[C@@H]1C[C@]1(NC(=O)[C@@H]1C[C@@H](Oc2nc3ccccc3nc2C2CC2c2cccs2)CN1C(=O)[C@@H](O)C(C)(C)C)C(=O)NS(=O)(=O)C1CC1. The van der Waals surface area contributed by atoms with Crippen molar-refractivity contribution in [1.29, 1.82) is 0 Å². The fraction of sp³-hybridized carbons (Fsp3) is 0.514. The van der Waals surface area contributed by atoms with Crippen LogP contribution in [-0.4, -0.2) is 81.7 Å². The topological polar surface area (TPSA) is 168 Å². The molecule has 0 radical (unpaired) electrons. The minimum absolute atomic E-state index is 0.0167. The molecule has 2 unspecified atom stereocenters. The van der Waals surface area contributed by atoms with Crippen molar-refractivity contribution in [2.24, 2.45) is 11.3 Å². The highest BCUT2D eigenvalue weighted by Crippen LogP contribution is 2.57. The summed E-state index contributed by atoms with van der Waals surface area (Å²) >= 11 is 1.70. The van der Waals surface area contributed by atoms with Crippen molar-refractivity contribution in [3.05, 3.63) is 65.0 Å². The monoisotopic (exact) mass is 707 g/mol. The van der Waals surface area contributed by atoms with E-state index in [4.69, 9.17) is 14.7 Å². The number of nitrogens with zero attached hydrogens (tertiary/aromatic N) is 3. The summed E-state index contributed by atoms with van der Waals surface area (Å²) in [5, 5.41) is 15.2. The quantitative estimate of drug-likeness (QED) is 0.253. The van der Waals surface area contributed by atoms with Crippen molar-refractivity contribution in [3.8, 4) is 5.88 Å². The number of ether oxygens (including phenoxy) is 1. The van der Waals surface area contributed by atoms with Gasteiger partial charge in [0.15, 0.2) is 0 Å². The smallest absolute Gasteiger partial charge is 0.259 e. The molecule has 3 amide bonds. The van der Waals surface area contributed by atoms with E-state index in [1.54, 1.807) is 32.1 Å². The molecule has 3 heterocycles. The second-order valence-electron chi connectivity index (χ2n) is 14.8. The second-order valence-corrected chi connectivity index (χ2v) is 17.7. The predicted octanol–water partition coefficient (Wildman–Crippen LogP) is 3.39. The fourth-order valence-corrected chi connectivity index (χ4v) is 8.99. The number of rotatable bonds is 11. The molecule has 49 heavy (non-hydrogen) atoms. The Morgan fingerprint density at radius 3 is 2.43 bits per heavy atom. The Kier molecular flexibility index (Phi) is 8.34. The molecule has 3 aliphatic carbocycles. The summed E-state index contributed by atoms with van der Waals surface area (Å²) < 4.78 is 33.9. The summed E-state index contributed by atoms with van der Waals surface area (Å²) in [5.74, 6) is -1.87. The Morgan fingerprint density at radius 2 is 1.82 bits per heavy atom. The van der Waals surface area contributed by atoms with Gasteiger partial charge in [-0.3, -0.25) is 19.1 Å². The molecule has 4 aliphatic rings. The highest BCUT2D eigenvalue weighted by Gasteiger charge is 2.62. The molecule has 3 N–H and O–H groups in total. The van der Waals surface area contributed by atoms with Gasteiger partial charge >= 0.3 is 0 Å². The Bertz CT molecular complexity index is 1920. The fourth-order valence-electron chi connectivity index (χ4n) is 6.72. The lowest BCUT2D eigenvalue weighted by Crippen LogP contribution is -2.57. The van der Waals surface area contributed by atoms with Crippen LogP contribution in [0.25, 0.3) is 11.0 Å².